The van der Waals surface area contributed by atoms with Gasteiger partial charge < -0.3 is 10.2 Å². The molecule has 0 aromatic carbocycles. The Morgan fingerprint density at radius 1 is 1.36 bits per heavy atom. The van der Waals surface area contributed by atoms with Gasteiger partial charge in [0.05, 0.1) is 0 Å². The Morgan fingerprint density at radius 2 is 1.93 bits per heavy atom. The summed E-state index contributed by atoms with van der Waals surface area (Å²) in [4.78, 5) is 13.8. The molecule has 1 aliphatic heterocycles. The van der Waals surface area contributed by atoms with Gasteiger partial charge in [-0.15, -0.1) is 0 Å². The molecule has 1 aliphatic rings. The van der Waals surface area contributed by atoms with E-state index in [0.717, 1.165) is 13.1 Å². The lowest BCUT2D eigenvalue weighted by molar-refractivity contribution is -0.139. The van der Waals surface area contributed by atoms with Crippen LogP contribution >= 0.6 is 0 Å². The number of carbonyl (C=O) groups excluding carboxylic acids is 1. The van der Waals surface area contributed by atoms with Crippen LogP contribution in [0.3, 0.4) is 0 Å². The van der Waals surface area contributed by atoms with Gasteiger partial charge >= 0.3 is 0 Å². The van der Waals surface area contributed by atoms with Gasteiger partial charge in [0.1, 0.15) is 0 Å². The van der Waals surface area contributed by atoms with Crippen molar-refractivity contribution in [3.63, 3.8) is 0 Å². The first-order valence-corrected chi connectivity index (χ1v) is 5.34. The van der Waals surface area contributed by atoms with E-state index in [1.165, 1.54) is 0 Å². The highest BCUT2D eigenvalue weighted by Crippen LogP contribution is 2.23. The predicted octanol–water partition coefficient (Wildman–Crippen LogP) is 1.39. The van der Waals surface area contributed by atoms with E-state index in [0.29, 0.717) is 6.42 Å². The average Bonchev–Trinajstić information content (AvgIpc) is 2.09. The maximum Gasteiger partial charge on any atom is 0.222 e. The highest BCUT2D eigenvalue weighted by Gasteiger charge is 2.39. The van der Waals surface area contributed by atoms with Crippen molar-refractivity contribution in [3.05, 3.63) is 0 Å². The molecule has 0 unspecified atom stereocenters. The molecule has 0 atom stereocenters. The zero-order valence-corrected chi connectivity index (χ0v) is 9.98. The molecule has 1 heterocycles. The van der Waals surface area contributed by atoms with E-state index in [9.17, 15) is 4.79 Å². The Hall–Kier alpha value is -0.570. The minimum Gasteiger partial charge on any atom is -0.334 e. The Kier molecular flexibility index (Phi) is 2.91. The Morgan fingerprint density at radius 3 is 2.43 bits per heavy atom. The minimum atomic E-state index is -0.0530. The van der Waals surface area contributed by atoms with Gasteiger partial charge in [0.2, 0.25) is 5.91 Å². The van der Waals surface area contributed by atoms with Crippen LogP contribution in [-0.2, 0) is 4.79 Å². The van der Waals surface area contributed by atoms with Gasteiger partial charge in [-0.3, -0.25) is 4.79 Å². The van der Waals surface area contributed by atoms with E-state index in [-0.39, 0.29) is 17.0 Å². The molecule has 3 nitrogen and oxygen atoms in total. The molecule has 0 aromatic heterocycles. The lowest BCUT2D eigenvalue weighted by Gasteiger charge is -2.49. The summed E-state index contributed by atoms with van der Waals surface area (Å²) >= 11 is 0. The molecule has 1 saturated heterocycles. The van der Waals surface area contributed by atoms with Gasteiger partial charge in [-0.25, -0.2) is 0 Å². The fourth-order valence-corrected chi connectivity index (χ4v) is 1.83. The van der Waals surface area contributed by atoms with Crippen molar-refractivity contribution in [1.29, 1.82) is 0 Å². The number of piperazine rings is 1. The second-order valence-electron chi connectivity index (χ2n) is 5.38. The molecular weight excluding hydrogens is 176 g/mol. The average molecular weight is 198 g/mol. The molecule has 82 valence electrons. The van der Waals surface area contributed by atoms with Crippen LogP contribution in [0, 0.1) is 0 Å². The van der Waals surface area contributed by atoms with E-state index in [1.54, 1.807) is 0 Å². The molecule has 0 aromatic rings. The predicted molar refractivity (Wildman–Crippen MR) is 58.2 cm³/mol. The van der Waals surface area contributed by atoms with Crippen molar-refractivity contribution >= 4 is 5.91 Å². The first-order chi connectivity index (χ1) is 6.28. The molecule has 0 aliphatic carbocycles. The van der Waals surface area contributed by atoms with Crippen molar-refractivity contribution in [3.8, 4) is 0 Å². The van der Waals surface area contributed by atoms with Crippen LogP contribution in [0.1, 0.15) is 41.0 Å². The van der Waals surface area contributed by atoms with Crippen LogP contribution in [0.5, 0.6) is 0 Å². The third-order valence-electron chi connectivity index (χ3n) is 2.89. The molecule has 14 heavy (non-hydrogen) atoms. The molecule has 1 fully saturated rings. The number of amides is 1. The van der Waals surface area contributed by atoms with Crippen LogP contribution in [0.4, 0.5) is 0 Å². The van der Waals surface area contributed by atoms with Crippen molar-refractivity contribution in [2.45, 2.75) is 52.1 Å². The highest BCUT2D eigenvalue weighted by molar-refractivity contribution is 5.77. The first kappa shape index (κ1) is 11.5. The molecule has 1 N–H and O–H groups in total. The van der Waals surface area contributed by atoms with Gasteiger partial charge in [0.15, 0.2) is 0 Å². The van der Waals surface area contributed by atoms with Crippen molar-refractivity contribution in [2.75, 3.05) is 13.1 Å². The van der Waals surface area contributed by atoms with Gasteiger partial charge in [-0.05, 0) is 27.7 Å². The van der Waals surface area contributed by atoms with Gasteiger partial charge in [-0.1, -0.05) is 6.92 Å². The van der Waals surface area contributed by atoms with E-state index < -0.39 is 0 Å². The Labute approximate surface area is 86.9 Å². The summed E-state index contributed by atoms with van der Waals surface area (Å²) in [5, 5.41) is 3.46. The third kappa shape index (κ3) is 2.27. The molecular formula is C11H22N2O. The monoisotopic (exact) mass is 198 g/mol. The van der Waals surface area contributed by atoms with E-state index in [1.807, 2.05) is 11.8 Å². The second-order valence-corrected chi connectivity index (χ2v) is 5.38. The SMILES string of the molecule is CCC(=O)N1CC(C)(C)NCC1(C)C. The molecule has 0 radical (unpaired) electrons. The summed E-state index contributed by atoms with van der Waals surface area (Å²) in [5.41, 5.74) is -0.0109. The summed E-state index contributed by atoms with van der Waals surface area (Å²) in [6.45, 7) is 12.1. The summed E-state index contributed by atoms with van der Waals surface area (Å²) in [6.07, 6.45) is 0.597. The van der Waals surface area contributed by atoms with Crippen molar-refractivity contribution < 1.29 is 4.79 Å². The number of carbonyl (C=O) groups is 1. The van der Waals surface area contributed by atoms with Gasteiger partial charge in [-0.2, -0.15) is 0 Å². The lowest BCUT2D eigenvalue weighted by Crippen LogP contribution is -2.67. The Bertz CT molecular complexity index is 233. The molecule has 3 heteroatoms. The molecule has 1 amide bonds. The van der Waals surface area contributed by atoms with Crippen LogP contribution in [0.25, 0.3) is 0 Å². The van der Waals surface area contributed by atoms with Crippen LogP contribution in [0.2, 0.25) is 0 Å². The number of nitrogens with one attached hydrogen (secondary N) is 1. The largest absolute Gasteiger partial charge is 0.334 e. The normalized spacial score (nSPS) is 24.8. The third-order valence-corrected chi connectivity index (χ3v) is 2.89. The van der Waals surface area contributed by atoms with Gasteiger partial charge in [0, 0.05) is 30.6 Å². The molecule has 0 saturated carbocycles. The fraction of sp³-hybridized carbons (Fsp3) is 0.909. The number of rotatable bonds is 1. The summed E-state index contributed by atoms with van der Waals surface area (Å²) in [5.74, 6) is 0.254. The first-order valence-electron chi connectivity index (χ1n) is 5.34. The number of hydrogen-bond donors (Lipinski definition) is 1. The lowest BCUT2D eigenvalue weighted by atomic mass is 9.91. The molecule has 0 bridgehead atoms. The Balaban J connectivity index is 2.82. The maximum absolute atomic E-state index is 11.8. The summed E-state index contributed by atoms with van der Waals surface area (Å²) < 4.78 is 0. The topological polar surface area (TPSA) is 32.3 Å². The standard InChI is InChI=1S/C11H22N2O/c1-6-9(14)13-8-10(2,3)12-7-11(13,4)5/h12H,6-8H2,1-5H3. The maximum atomic E-state index is 11.8. The quantitative estimate of drug-likeness (QED) is 0.690. The van der Waals surface area contributed by atoms with E-state index in [4.69, 9.17) is 0 Å². The highest BCUT2D eigenvalue weighted by atomic mass is 16.2. The summed E-state index contributed by atoms with van der Waals surface area (Å²) in [6, 6.07) is 0. The smallest absolute Gasteiger partial charge is 0.222 e. The van der Waals surface area contributed by atoms with E-state index >= 15 is 0 Å². The van der Waals surface area contributed by atoms with Crippen LogP contribution < -0.4 is 5.32 Å². The minimum absolute atomic E-state index is 0.0420. The molecule has 1 rings (SSSR count). The van der Waals surface area contributed by atoms with Crippen molar-refractivity contribution in [1.82, 2.24) is 10.2 Å². The second kappa shape index (κ2) is 3.54. The fourth-order valence-electron chi connectivity index (χ4n) is 1.83. The number of hydrogen-bond acceptors (Lipinski definition) is 2. The van der Waals surface area contributed by atoms with Gasteiger partial charge in [0.25, 0.3) is 0 Å². The molecule has 0 spiro atoms. The van der Waals surface area contributed by atoms with E-state index in [2.05, 4.69) is 33.0 Å². The number of nitrogens with zero attached hydrogens (tertiary/aromatic N) is 1. The summed E-state index contributed by atoms with van der Waals surface area (Å²) in [7, 11) is 0. The van der Waals surface area contributed by atoms with Crippen LogP contribution in [-0.4, -0.2) is 35.0 Å². The van der Waals surface area contributed by atoms with Crippen LogP contribution in [0.15, 0.2) is 0 Å². The zero-order chi connectivity index (χ0) is 11.0. The van der Waals surface area contributed by atoms with Crippen molar-refractivity contribution in [2.24, 2.45) is 0 Å². The zero-order valence-electron chi connectivity index (χ0n) is 9.98.